The van der Waals surface area contributed by atoms with Crippen LogP contribution in [0.3, 0.4) is 0 Å². The van der Waals surface area contributed by atoms with Gasteiger partial charge in [0, 0.05) is 0 Å². The number of rotatable bonds is 4. The van der Waals surface area contributed by atoms with Gasteiger partial charge < -0.3 is 14.6 Å². The van der Waals surface area contributed by atoms with Gasteiger partial charge in [0.2, 0.25) is 0 Å². The number of aliphatic hydroxyl groups excluding tert-OH is 1. The first-order chi connectivity index (χ1) is 7.42. The van der Waals surface area contributed by atoms with Crippen LogP contribution in [0, 0.1) is 0 Å². The smallest absolute Gasteiger partial charge is 0.490 e. The summed E-state index contributed by atoms with van der Waals surface area (Å²) in [5, 5.41) is 8.51. The minimum atomic E-state index is -4.72. The molecule has 90 valence electrons. The number of benzene rings is 1. The van der Waals surface area contributed by atoms with Crippen molar-refractivity contribution in [3.05, 3.63) is 22.7 Å². The van der Waals surface area contributed by atoms with Gasteiger partial charge in [-0.1, -0.05) is 0 Å². The molecule has 0 bridgehead atoms. The van der Waals surface area contributed by atoms with Crippen LogP contribution in [0.1, 0.15) is 0 Å². The topological polar surface area (TPSA) is 38.7 Å². The Kier molecular flexibility index (Phi) is 4.43. The molecular formula is C9H8BrF3O3. The van der Waals surface area contributed by atoms with E-state index in [4.69, 9.17) is 9.84 Å². The number of hydrogen-bond donors (Lipinski definition) is 1. The van der Waals surface area contributed by atoms with Crippen molar-refractivity contribution in [1.29, 1.82) is 0 Å². The summed E-state index contributed by atoms with van der Waals surface area (Å²) in [6.07, 6.45) is -4.72. The molecular weight excluding hydrogens is 293 g/mol. The largest absolute Gasteiger partial charge is 0.573 e. The summed E-state index contributed by atoms with van der Waals surface area (Å²) in [4.78, 5) is 0. The Hall–Kier alpha value is -0.950. The van der Waals surface area contributed by atoms with E-state index >= 15 is 0 Å². The SMILES string of the molecule is OCCOc1ccc(OC(F)(F)F)cc1Br. The fourth-order valence-corrected chi connectivity index (χ4v) is 1.42. The van der Waals surface area contributed by atoms with E-state index in [-0.39, 0.29) is 19.0 Å². The fourth-order valence-electron chi connectivity index (χ4n) is 0.951. The maximum atomic E-state index is 11.9. The molecule has 3 nitrogen and oxygen atoms in total. The van der Waals surface area contributed by atoms with Crippen LogP contribution < -0.4 is 9.47 Å². The molecule has 1 aromatic rings. The summed E-state index contributed by atoms with van der Waals surface area (Å²) in [5.41, 5.74) is 0. The van der Waals surface area contributed by atoms with Gasteiger partial charge >= 0.3 is 6.36 Å². The Morgan fingerprint density at radius 2 is 2.00 bits per heavy atom. The molecule has 0 heterocycles. The third-order valence-corrected chi connectivity index (χ3v) is 2.11. The van der Waals surface area contributed by atoms with Gasteiger partial charge in [-0.2, -0.15) is 0 Å². The van der Waals surface area contributed by atoms with Crippen LogP contribution in [0.15, 0.2) is 22.7 Å². The van der Waals surface area contributed by atoms with Gasteiger partial charge in [0.05, 0.1) is 11.1 Å². The third kappa shape index (κ3) is 4.28. The highest BCUT2D eigenvalue weighted by Gasteiger charge is 2.31. The molecule has 16 heavy (non-hydrogen) atoms. The van der Waals surface area contributed by atoms with Gasteiger partial charge in [-0.3, -0.25) is 0 Å². The van der Waals surface area contributed by atoms with Crippen molar-refractivity contribution in [2.75, 3.05) is 13.2 Å². The zero-order valence-corrected chi connectivity index (χ0v) is 9.51. The Labute approximate surface area is 97.9 Å². The first-order valence-corrected chi connectivity index (χ1v) is 5.00. The molecule has 1 rings (SSSR count). The van der Waals surface area contributed by atoms with Gasteiger partial charge in [0.1, 0.15) is 18.1 Å². The molecule has 0 radical (unpaired) electrons. The quantitative estimate of drug-likeness (QED) is 0.929. The molecule has 0 fully saturated rings. The number of alkyl halides is 3. The molecule has 0 spiro atoms. The van der Waals surface area contributed by atoms with Crippen LogP contribution in [0.25, 0.3) is 0 Å². The number of halogens is 4. The zero-order valence-electron chi connectivity index (χ0n) is 7.92. The van der Waals surface area contributed by atoms with E-state index in [2.05, 4.69) is 20.7 Å². The van der Waals surface area contributed by atoms with Crippen molar-refractivity contribution in [2.45, 2.75) is 6.36 Å². The number of aliphatic hydroxyl groups is 1. The van der Waals surface area contributed by atoms with Crippen molar-refractivity contribution in [3.63, 3.8) is 0 Å². The van der Waals surface area contributed by atoms with Crippen LogP contribution >= 0.6 is 15.9 Å². The lowest BCUT2D eigenvalue weighted by Gasteiger charge is -2.11. The predicted octanol–water partition coefficient (Wildman–Crippen LogP) is 2.72. The van der Waals surface area contributed by atoms with Crippen molar-refractivity contribution in [2.24, 2.45) is 0 Å². The summed E-state index contributed by atoms with van der Waals surface area (Å²) in [5.74, 6) is -0.000650. The molecule has 0 amide bonds. The van der Waals surface area contributed by atoms with Gasteiger partial charge in [0.15, 0.2) is 0 Å². The molecule has 0 saturated carbocycles. The Morgan fingerprint density at radius 1 is 1.31 bits per heavy atom. The molecule has 0 unspecified atom stereocenters. The zero-order chi connectivity index (χ0) is 12.2. The normalized spacial score (nSPS) is 11.3. The molecule has 1 N–H and O–H groups in total. The summed E-state index contributed by atoms with van der Waals surface area (Å²) < 4.78 is 44.7. The molecule has 0 aliphatic rings. The van der Waals surface area contributed by atoms with E-state index in [0.717, 1.165) is 12.1 Å². The van der Waals surface area contributed by atoms with E-state index in [9.17, 15) is 13.2 Å². The highest BCUT2D eigenvalue weighted by Crippen LogP contribution is 2.31. The number of hydrogen-bond acceptors (Lipinski definition) is 3. The van der Waals surface area contributed by atoms with E-state index in [0.29, 0.717) is 10.2 Å². The van der Waals surface area contributed by atoms with Crippen LogP contribution in [-0.4, -0.2) is 24.7 Å². The van der Waals surface area contributed by atoms with Crippen LogP contribution in [0.2, 0.25) is 0 Å². The first-order valence-electron chi connectivity index (χ1n) is 4.21. The molecule has 7 heteroatoms. The third-order valence-electron chi connectivity index (χ3n) is 1.49. The lowest BCUT2D eigenvalue weighted by molar-refractivity contribution is -0.274. The lowest BCUT2D eigenvalue weighted by atomic mass is 10.3. The number of ether oxygens (including phenoxy) is 2. The fraction of sp³-hybridized carbons (Fsp3) is 0.333. The summed E-state index contributed by atoms with van der Waals surface area (Å²) >= 11 is 3.03. The second-order valence-corrected chi connectivity index (χ2v) is 3.57. The molecule has 0 aromatic heterocycles. The Bertz CT molecular complexity index is 354. The highest BCUT2D eigenvalue weighted by molar-refractivity contribution is 9.10. The van der Waals surface area contributed by atoms with Crippen molar-refractivity contribution < 1.29 is 27.8 Å². The van der Waals surface area contributed by atoms with E-state index in [1.807, 2.05) is 0 Å². The summed E-state index contributed by atoms with van der Waals surface area (Å²) in [7, 11) is 0. The van der Waals surface area contributed by atoms with Crippen LogP contribution in [-0.2, 0) is 0 Å². The monoisotopic (exact) mass is 300 g/mol. The van der Waals surface area contributed by atoms with E-state index in [1.54, 1.807) is 0 Å². The standard InChI is InChI=1S/C9H8BrF3O3/c10-7-5-6(16-9(11,12)13)1-2-8(7)15-4-3-14/h1-2,5,14H,3-4H2. The average Bonchev–Trinajstić information content (AvgIpc) is 2.14. The maximum absolute atomic E-state index is 11.9. The molecule has 0 saturated heterocycles. The van der Waals surface area contributed by atoms with Crippen LogP contribution in [0.4, 0.5) is 13.2 Å². The van der Waals surface area contributed by atoms with Gasteiger partial charge in [0.25, 0.3) is 0 Å². The first kappa shape index (κ1) is 13.1. The van der Waals surface area contributed by atoms with Gasteiger partial charge in [-0.15, -0.1) is 13.2 Å². The minimum Gasteiger partial charge on any atom is -0.490 e. The van der Waals surface area contributed by atoms with Crippen molar-refractivity contribution in [1.82, 2.24) is 0 Å². The van der Waals surface area contributed by atoms with E-state index < -0.39 is 6.36 Å². The van der Waals surface area contributed by atoms with Crippen LogP contribution in [0.5, 0.6) is 11.5 Å². The maximum Gasteiger partial charge on any atom is 0.573 e. The minimum absolute atomic E-state index is 0.0675. The second-order valence-electron chi connectivity index (χ2n) is 2.71. The molecule has 0 atom stereocenters. The lowest BCUT2D eigenvalue weighted by Crippen LogP contribution is -2.17. The highest BCUT2D eigenvalue weighted by atomic mass is 79.9. The summed E-state index contributed by atoms with van der Waals surface area (Å²) in [6, 6.07) is 3.59. The average molecular weight is 301 g/mol. The molecule has 0 aliphatic carbocycles. The molecule has 0 aliphatic heterocycles. The van der Waals surface area contributed by atoms with Gasteiger partial charge in [-0.25, -0.2) is 0 Å². The second kappa shape index (κ2) is 5.40. The van der Waals surface area contributed by atoms with E-state index in [1.165, 1.54) is 6.07 Å². The van der Waals surface area contributed by atoms with Crippen molar-refractivity contribution in [3.8, 4) is 11.5 Å². The Morgan fingerprint density at radius 3 is 2.50 bits per heavy atom. The van der Waals surface area contributed by atoms with Gasteiger partial charge in [-0.05, 0) is 34.1 Å². The Balaban J connectivity index is 2.74. The molecule has 1 aromatic carbocycles. The predicted molar refractivity (Wildman–Crippen MR) is 53.4 cm³/mol. The van der Waals surface area contributed by atoms with Crippen molar-refractivity contribution >= 4 is 15.9 Å². The summed E-state index contributed by atoms with van der Waals surface area (Å²) in [6.45, 7) is -0.106.